The van der Waals surface area contributed by atoms with Crippen LogP contribution < -0.4 is 5.32 Å². The molecule has 17 atom stereocenters. The first-order valence-electron chi connectivity index (χ1n) is 39.9. The number of carbonyl (C=O) groups excluding carboxylic acids is 1. The first-order valence-corrected chi connectivity index (χ1v) is 39.9. The van der Waals surface area contributed by atoms with Crippen LogP contribution in [0, 0.1) is 0 Å². The van der Waals surface area contributed by atoms with Crippen molar-refractivity contribution in [1.82, 2.24) is 5.32 Å². The average molecular weight is 1380 g/mol. The monoisotopic (exact) mass is 1370 g/mol. The van der Waals surface area contributed by atoms with Gasteiger partial charge in [0.05, 0.1) is 38.6 Å². The Morgan fingerprint density at radius 3 is 1.01 bits per heavy atom. The second kappa shape index (κ2) is 59.0. The summed E-state index contributed by atoms with van der Waals surface area (Å²) in [6.45, 7) is 1.84. The Bertz CT molecular complexity index is 1790. The predicted molar refractivity (Wildman–Crippen MR) is 379 cm³/mol. The number of carbonyl (C=O) groups is 1. The van der Waals surface area contributed by atoms with Gasteiger partial charge in [0.25, 0.3) is 0 Å². The molecule has 0 bridgehead atoms. The molecule has 3 saturated heterocycles. The van der Waals surface area contributed by atoms with E-state index in [0.29, 0.717) is 12.8 Å². The number of hydrogen-bond donors (Lipinski definition) is 12. The maximum Gasteiger partial charge on any atom is 0.220 e. The van der Waals surface area contributed by atoms with Crippen molar-refractivity contribution in [1.29, 1.82) is 0 Å². The largest absolute Gasteiger partial charge is 0.394 e. The number of allylic oxidation sites excluding steroid dienone is 2. The lowest BCUT2D eigenvalue weighted by Gasteiger charge is -2.48. The lowest BCUT2D eigenvalue weighted by molar-refractivity contribution is -0.379. The molecule has 19 nitrogen and oxygen atoms in total. The van der Waals surface area contributed by atoms with Crippen LogP contribution in [0.4, 0.5) is 0 Å². The number of hydrogen-bond acceptors (Lipinski definition) is 18. The third kappa shape index (κ3) is 39.3. The second-order valence-electron chi connectivity index (χ2n) is 28.9. The van der Waals surface area contributed by atoms with Crippen molar-refractivity contribution in [3.8, 4) is 0 Å². The van der Waals surface area contributed by atoms with Crippen molar-refractivity contribution in [2.24, 2.45) is 0 Å². The summed E-state index contributed by atoms with van der Waals surface area (Å²) in [7, 11) is 0. The van der Waals surface area contributed by atoms with Gasteiger partial charge in [0, 0.05) is 6.42 Å². The normalized spacial score (nSPS) is 27.0. The molecule has 3 rings (SSSR count). The number of aliphatic hydroxyl groups is 11. The van der Waals surface area contributed by atoms with E-state index in [9.17, 15) is 61.0 Å². The summed E-state index contributed by atoms with van der Waals surface area (Å²) in [6.07, 6.45) is 41.9. The third-order valence-electron chi connectivity index (χ3n) is 20.3. The molecule has 3 heterocycles. The van der Waals surface area contributed by atoms with Crippen LogP contribution in [0.2, 0.25) is 0 Å². The summed E-state index contributed by atoms with van der Waals surface area (Å²) in [5, 5.41) is 121. The number of ether oxygens (including phenoxy) is 6. The number of amides is 1. The molecule has 12 N–H and O–H groups in total. The van der Waals surface area contributed by atoms with Crippen molar-refractivity contribution < 1.29 is 89.4 Å². The highest BCUT2D eigenvalue weighted by Crippen LogP contribution is 2.33. The Kier molecular flexibility index (Phi) is 54.5. The zero-order chi connectivity index (χ0) is 69.6. The maximum atomic E-state index is 13.5. The van der Waals surface area contributed by atoms with E-state index >= 15 is 0 Å². The first-order chi connectivity index (χ1) is 46.8. The minimum atomic E-state index is -1.97. The van der Waals surface area contributed by atoms with E-state index in [1.807, 2.05) is 0 Å². The number of unbranched alkanes of at least 4 members (excludes halogenated alkanes) is 46. The lowest BCUT2D eigenvalue weighted by Crippen LogP contribution is -2.66. The zero-order valence-electron chi connectivity index (χ0n) is 60.6. The van der Waals surface area contributed by atoms with Gasteiger partial charge in [0.1, 0.15) is 73.2 Å². The van der Waals surface area contributed by atoms with Crippen LogP contribution in [0.15, 0.2) is 12.2 Å². The molecule has 3 fully saturated rings. The van der Waals surface area contributed by atoms with Gasteiger partial charge in [-0.1, -0.05) is 309 Å². The van der Waals surface area contributed by atoms with E-state index in [4.69, 9.17) is 28.4 Å². The Hall–Kier alpha value is -1.47. The predicted octanol–water partition coefficient (Wildman–Crippen LogP) is 12.8. The van der Waals surface area contributed by atoms with Crippen molar-refractivity contribution in [2.45, 2.75) is 446 Å². The standard InChI is InChI=1S/C77H147NO18/c1-3-5-7-9-11-13-15-17-19-20-21-22-23-24-25-26-27-28-29-30-31-32-33-34-35-36-37-38-39-40-41-43-45-47-49-51-53-55-65(83)78-60(61(82)54-52-50-48-46-44-42-18-16-14-12-10-8-6-4-2)59-91-75-71(89)68(86)73(63(57-80)93-75)96-77-72(90)69(87)74(64(58-81)94-77)95-76-70(88)67(85)66(84)62(56-79)92-76/h20-21,60-64,66-77,79-82,84-90H,3-19,22-59H2,1-2H3,(H,78,83)/b21-20-. The number of rotatable bonds is 64. The Morgan fingerprint density at radius 2 is 0.656 bits per heavy atom. The molecule has 3 aliphatic heterocycles. The number of nitrogens with one attached hydrogen (secondary N) is 1. The Labute approximate surface area is 582 Å². The minimum absolute atomic E-state index is 0.235. The lowest BCUT2D eigenvalue weighted by atomic mass is 9.96. The van der Waals surface area contributed by atoms with Crippen LogP contribution in [0.5, 0.6) is 0 Å². The van der Waals surface area contributed by atoms with Gasteiger partial charge < -0.3 is 89.9 Å². The third-order valence-corrected chi connectivity index (χ3v) is 20.3. The molecule has 19 heteroatoms. The molecular weight excluding hydrogens is 1230 g/mol. The van der Waals surface area contributed by atoms with E-state index in [1.54, 1.807) is 0 Å². The molecule has 0 radical (unpaired) electrons. The SMILES string of the molecule is CCCCCCCCCC/C=C\CCCCCCCCCCCCCCCCCCCCCCCCCCCC(=O)NC(COC1OC(CO)C(OC2OC(CO)C(OC3OC(CO)C(O)C(O)C3O)C(O)C2O)C(O)C1O)C(O)CCCCCCCCCCCCCCCC. The summed E-state index contributed by atoms with van der Waals surface area (Å²) in [5.74, 6) is -0.235. The fourth-order valence-corrected chi connectivity index (χ4v) is 13.9. The topological polar surface area (TPSA) is 307 Å². The molecule has 1 amide bonds. The van der Waals surface area contributed by atoms with Crippen LogP contribution in [0.25, 0.3) is 0 Å². The van der Waals surface area contributed by atoms with Crippen LogP contribution >= 0.6 is 0 Å². The fraction of sp³-hybridized carbons (Fsp3) is 0.961. The van der Waals surface area contributed by atoms with Crippen LogP contribution in [0.1, 0.15) is 341 Å². The van der Waals surface area contributed by atoms with Gasteiger partial charge in [-0.05, 0) is 38.5 Å². The quantitative estimate of drug-likeness (QED) is 0.0199. The highest BCUT2D eigenvalue weighted by Gasteiger charge is 2.54. The van der Waals surface area contributed by atoms with Crippen molar-refractivity contribution in [2.75, 3.05) is 26.4 Å². The van der Waals surface area contributed by atoms with Crippen molar-refractivity contribution >= 4 is 5.91 Å². The number of aliphatic hydroxyl groups excluding tert-OH is 11. The van der Waals surface area contributed by atoms with Gasteiger partial charge in [-0.2, -0.15) is 0 Å². The summed E-state index contributed by atoms with van der Waals surface area (Å²) < 4.78 is 34.5. The van der Waals surface area contributed by atoms with E-state index in [-0.39, 0.29) is 18.9 Å². The van der Waals surface area contributed by atoms with E-state index < -0.39 is 124 Å². The molecule has 96 heavy (non-hydrogen) atoms. The van der Waals surface area contributed by atoms with E-state index in [0.717, 1.165) is 44.9 Å². The smallest absolute Gasteiger partial charge is 0.220 e. The van der Waals surface area contributed by atoms with Crippen LogP contribution in [-0.4, -0.2) is 193 Å². The van der Waals surface area contributed by atoms with Gasteiger partial charge in [-0.25, -0.2) is 0 Å². The maximum absolute atomic E-state index is 13.5. The molecule has 17 unspecified atom stereocenters. The Balaban J connectivity index is 1.29. The van der Waals surface area contributed by atoms with E-state index in [2.05, 4.69) is 31.3 Å². The molecule has 0 aromatic rings. The second-order valence-corrected chi connectivity index (χ2v) is 28.9. The van der Waals surface area contributed by atoms with Crippen LogP contribution in [-0.2, 0) is 33.2 Å². The first kappa shape index (κ1) is 88.7. The van der Waals surface area contributed by atoms with Gasteiger partial charge in [0.2, 0.25) is 5.91 Å². The average Bonchev–Trinajstić information content (AvgIpc) is 0.787. The van der Waals surface area contributed by atoms with Gasteiger partial charge in [-0.15, -0.1) is 0 Å². The highest BCUT2D eigenvalue weighted by atomic mass is 16.8. The molecule has 0 aliphatic carbocycles. The molecule has 3 aliphatic rings. The molecule has 0 aromatic carbocycles. The summed E-state index contributed by atoms with van der Waals surface area (Å²) in [6, 6.07) is -0.883. The molecule has 0 saturated carbocycles. The van der Waals surface area contributed by atoms with Crippen LogP contribution in [0.3, 0.4) is 0 Å². The summed E-state index contributed by atoms with van der Waals surface area (Å²) in [5.41, 5.74) is 0. The molecule has 568 valence electrons. The minimum Gasteiger partial charge on any atom is -0.394 e. The summed E-state index contributed by atoms with van der Waals surface area (Å²) >= 11 is 0. The van der Waals surface area contributed by atoms with Crippen molar-refractivity contribution in [3.05, 3.63) is 12.2 Å². The molecular formula is C77H147NO18. The fourth-order valence-electron chi connectivity index (χ4n) is 13.9. The highest BCUT2D eigenvalue weighted by molar-refractivity contribution is 5.76. The zero-order valence-corrected chi connectivity index (χ0v) is 60.6. The van der Waals surface area contributed by atoms with Gasteiger partial charge in [-0.3, -0.25) is 4.79 Å². The van der Waals surface area contributed by atoms with Gasteiger partial charge in [0.15, 0.2) is 18.9 Å². The summed E-state index contributed by atoms with van der Waals surface area (Å²) in [4.78, 5) is 13.5. The Morgan fingerprint density at radius 1 is 0.365 bits per heavy atom. The molecule has 0 aromatic heterocycles. The van der Waals surface area contributed by atoms with Gasteiger partial charge >= 0.3 is 0 Å². The van der Waals surface area contributed by atoms with Crippen molar-refractivity contribution in [3.63, 3.8) is 0 Å². The van der Waals surface area contributed by atoms with E-state index in [1.165, 1.54) is 263 Å². The molecule has 0 spiro atoms.